The molecular weight excluding hydrogens is 130 g/mol. The van der Waals surface area contributed by atoms with Crippen LogP contribution in [0.25, 0.3) is 0 Å². The van der Waals surface area contributed by atoms with E-state index in [-0.39, 0.29) is 5.97 Å². The molecule has 0 fully saturated rings. The van der Waals surface area contributed by atoms with E-state index in [1.54, 1.807) is 6.92 Å². The smallest absolute Gasteiger partial charge is 0.327 e. The number of rotatable bonds is 2. The third kappa shape index (κ3) is 1.57. The minimum atomic E-state index is -0.512. The summed E-state index contributed by atoms with van der Waals surface area (Å²) in [6.45, 7) is 1.61. The van der Waals surface area contributed by atoms with Crippen LogP contribution in [-0.2, 0) is 9.53 Å². The lowest BCUT2D eigenvalue weighted by atomic mass is 10.1. The van der Waals surface area contributed by atoms with Crippen molar-refractivity contribution in [3.8, 4) is 0 Å². The maximum absolute atomic E-state index is 10.8. The third-order valence-corrected chi connectivity index (χ3v) is 1.37. The summed E-state index contributed by atoms with van der Waals surface area (Å²) in [5.74, 6) is 0.424. The number of nitrogens with two attached hydrogens (primary N) is 1. The van der Waals surface area contributed by atoms with Crippen molar-refractivity contribution in [2.45, 2.75) is 25.8 Å². The Hall–Kier alpha value is -0.830. The van der Waals surface area contributed by atoms with Crippen LogP contribution in [0.3, 0.4) is 0 Å². The maximum Gasteiger partial charge on any atom is 0.327 e. The molecule has 0 aromatic rings. The number of ether oxygens (including phenoxy) is 1. The molecule has 0 amide bonds. The molecule has 0 radical (unpaired) electrons. The highest BCUT2D eigenvalue weighted by atomic mass is 16.5. The minimum absolute atomic E-state index is 0.342. The van der Waals surface area contributed by atoms with Gasteiger partial charge >= 0.3 is 5.97 Å². The zero-order chi connectivity index (χ0) is 7.56. The predicted molar refractivity (Wildman–Crippen MR) is 37.1 cm³/mol. The van der Waals surface area contributed by atoms with Gasteiger partial charge in [-0.1, -0.05) is 0 Å². The molecule has 0 heterocycles. The highest BCUT2D eigenvalue weighted by Gasteiger charge is 2.14. The number of carbonyl (C=O) groups is 1. The molecule has 0 saturated heterocycles. The van der Waals surface area contributed by atoms with E-state index in [1.807, 2.05) is 6.08 Å². The molecule has 0 saturated carbocycles. The van der Waals surface area contributed by atoms with Crippen LogP contribution < -0.4 is 5.73 Å². The van der Waals surface area contributed by atoms with Gasteiger partial charge < -0.3 is 10.5 Å². The Morgan fingerprint density at radius 3 is 2.80 bits per heavy atom. The van der Waals surface area contributed by atoms with E-state index in [9.17, 15) is 4.79 Å². The van der Waals surface area contributed by atoms with Crippen molar-refractivity contribution in [2.75, 3.05) is 0 Å². The van der Waals surface area contributed by atoms with E-state index in [2.05, 4.69) is 0 Å². The van der Waals surface area contributed by atoms with Gasteiger partial charge in [-0.2, -0.15) is 0 Å². The molecule has 3 nitrogen and oxygen atoms in total. The Kier molecular flexibility index (Phi) is 2.06. The van der Waals surface area contributed by atoms with Gasteiger partial charge in [0.15, 0.2) is 0 Å². The molecular formula is C7H11NO2. The zero-order valence-corrected chi connectivity index (χ0v) is 5.96. The van der Waals surface area contributed by atoms with Gasteiger partial charge in [0.05, 0.1) is 0 Å². The first-order valence-corrected chi connectivity index (χ1v) is 3.36. The molecule has 10 heavy (non-hydrogen) atoms. The van der Waals surface area contributed by atoms with Crippen molar-refractivity contribution in [3.63, 3.8) is 0 Å². The first-order valence-electron chi connectivity index (χ1n) is 3.36. The summed E-state index contributed by atoms with van der Waals surface area (Å²) < 4.78 is 4.84. The lowest BCUT2D eigenvalue weighted by molar-refractivity contribution is -0.141. The summed E-state index contributed by atoms with van der Waals surface area (Å²) in [5.41, 5.74) is 5.26. The highest BCUT2D eigenvalue weighted by molar-refractivity contribution is 5.76. The Balaban J connectivity index is 2.31. The molecule has 2 N–H and O–H groups in total. The molecule has 1 aliphatic rings. The van der Waals surface area contributed by atoms with Crippen molar-refractivity contribution in [1.82, 2.24) is 0 Å². The quantitative estimate of drug-likeness (QED) is 0.571. The monoisotopic (exact) mass is 141 g/mol. The van der Waals surface area contributed by atoms with Crippen LogP contribution in [0.1, 0.15) is 19.8 Å². The summed E-state index contributed by atoms with van der Waals surface area (Å²) >= 11 is 0. The molecule has 0 aliphatic heterocycles. The molecule has 0 aromatic carbocycles. The van der Waals surface area contributed by atoms with E-state index in [0.717, 1.165) is 18.6 Å². The van der Waals surface area contributed by atoms with E-state index < -0.39 is 6.04 Å². The van der Waals surface area contributed by atoms with Gasteiger partial charge in [0.1, 0.15) is 11.8 Å². The molecule has 0 unspecified atom stereocenters. The standard InChI is InChI=1S/C7H11NO2/c1-5(8)7(9)10-6-3-2-4-6/h3,5H,2,4,8H2,1H3/t5-/m0/s1. The molecule has 1 rings (SSSR count). The zero-order valence-electron chi connectivity index (χ0n) is 5.96. The Labute approximate surface area is 59.8 Å². The molecule has 1 atom stereocenters. The lowest BCUT2D eigenvalue weighted by Crippen LogP contribution is -2.29. The molecule has 1 aliphatic carbocycles. The van der Waals surface area contributed by atoms with Crippen LogP contribution >= 0.6 is 0 Å². The Bertz CT molecular complexity index is 172. The average molecular weight is 141 g/mol. The number of allylic oxidation sites excluding steroid dienone is 2. The van der Waals surface area contributed by atoms with Crippen molar-refractivity contribution in [1.29, 1.82) is 0 Å². The Morgan fingerprint density at radius 1 is 1.90 bits per heavy atom. The SMILES string of the molecule is C[C@H](N)C(=O)OC1=CCC1. The fourth-order valence-electron chi connectivity index (χ4n) is 0.577. The molecule has 56 valence electrons. The number of carbonyl (C=O) groups excluding carboxylic acids is 1. The second kappa shape index (κ2) is 2.84. The summed E-state index contributed by atoms with van der Waals surface area (Å²) in [4.78, 5) is 10.8. The summed E-state index contributed by atoms with van der Waals surface area (Å²) in [7, 11) is 0. The number of hydrogen-bond donors (Lipinski definition) is 1. The normalized spacial score (nSPS) is 18.8. The molecule has 0 aromatic heterocycles. The molecule has 0 bridgehead atoms. The van der Waals surface area contributed by atoms with Gasteiger partial charge in [-0.25, -0.2) is 4.79 Å². The van der Waals surface area contributed by atoms with Gasteiger partial charge in [0.25, 0.3) is 0 Å². The van der Waals surface area contributed by atoms with Gasteiger partial charge in [0, 0.05) is 6.42 Å². The van der Waals surface area contributed by atoms with Crippen LogP contribution in [0.5, 0.6) is 0 Å². The second-order valence-corrected chi connectivity index (χ2v) is 2.42. The van der Waals surface area contributed by atoms with E-state index in [4.69, 9.17) is 10.5 Å². The van der Waals surface area contributed by atoms with Crippen molar-refractivity contribution in [2.24, 2.45) is 5.73 Å². The average Bonchev–Trinajstić information content (AvgIpc) is 1.77. The van der Waals surface area contributed by atoms with E-state index >= 15 is 0 Å². The van der Waals surface area contributed by atoms with Gasteiger partial charge in [-0.3, -0.25) is 0 Å². The van der Waals surface area contributed by atoms with Crippen molar-refractivity contribution < 1.29 is 9.53 Å². The van der Waals surface area contributed by atoms with Crippen LogP contribution in [0.15, 0.2) is 11.8 Å². The van der Waals surface area contributed by atoms with E-state index in [1.165, 1.54) is 0 Å². The minimum Gasteiger partial charge on any atom is -0.430 e. The first kappa shape index (κ1) is 7.28. The van der Waals surface area contributed by atoms with Gasteiger partial charge in [0.2, 0.25) is 0 Å². The van der Waals surface area contributed by atoms with Gasteiger partial charge in [-0.05, 0) is 19.4 Å². The molecule has 0 spiro atoms. The first-order chi connectivity index (χ1) is 4.70. The summed E-state index contributed by atoms with van der Waals surface area (Å²) in [6.07, 6.45) is 3.78. The molecule has 3 heteroatoms. The topological polar surface area (TPSA) is 52.3 Å². The van der Waals surface area contributed by atoms with Crippen molar-refractivity contribution >= 4 is 5.97 Å². The van der Waals surface area contributed by atoms with Crippen LogP contribution in [0.2, 0.25) is 0 Å². The fourth-order valence-corrected chi connectivity index (χ4v) is 0.577. The number of hydrogen-bond acceptors (Lipinski definition) is 3. The summed E-state index contributed by atoms with van der Waals surface area (Å²) in [6, 6.07) is -0.512. The second-order valence-electron chi connectivity index (χ2n) is 2.42. The van der Waals surface area contributed by atoms with Crippen LogP contribution in [0.4, 0.5) is 0 Å². The van der Waals surface area contributed by atoms with Gasteiger partial charge in [-0.15, -0.1) is 0 Å². The summed E-state index contributed by atoms with van der Waals surface area (Å²) in [5, 5.41) is 0. The van der Waals surface area contributed by atoms with Crippen LogP contribution in [0, 0.1) is 0 Å². The highest BCUT2D eigenvalue weighted by Crippen LogP contribution is 2.18. The fraction of sp³-hybridized carbons (Fsp3) is 0.571. The third-order valence-electron chi connectivity index (χ3n) is 1.37. The van der Waals surface area contributed by atoms with Crippen molar-refractivity contribution in [3.05, 3.63) is 11.8 Å². The maximum atomic E-state index is 10.8. The lowest BCUT2D eigenvalue weighted by Gasteiger charge is -2.14. The van der Waals surface area contributed by atoms with Crippen LogP contribution in [-0.4, -0.2) is 12.0 Å². The number of esters is 1. The van der Waals surface area contributed by atoms with E-state index in [0.29, 0.717) is 0 Å². The largest absolute Gasteiger partial charge is 0.430 e. The Morgan fingerprint density at radius 2 is 2.50 bits per heavy atom. The predicted octanol–water partition coefficient (Wildman–Crippen LogP) is 0.554.